The maximum Gasteiger partial charge on any atom is 0.331 e. The Labute approximate surface area is 161 Å². The Morgan fingerprint density at radius 3 is 2.63 bits per heavy atom. The lowest BCUT2D eigenvalue weighted by Crippen LogP contribution is -2.02. The number of carbonyl (C=O) groups is 1. The molecule has 2 aromatic carbocycles. The van der Waals surface area contributed by atoms with Gasteiger partial charge in [-0.15, -0.1) is 0 Å². The fourth-order valence-electron chi connectivity index (χ4n) is 2.58. The molecule has 0 unspecified atom stereocenters. The zero-order chi connectivity index (χ0) is 19.2. The highest BCUT2D eigenvalue weighted by atomic mass is 35.5. The van der Waals surface area contributed by atoms with Gasteiger partial charge < -0.3 is 4.74 Å². The number of benzene rings is 2. The van der Waals surface area contributed by atoms with Gasteiger partial charge in [0.05, 0.1) is 12.2 Å². The van der Waals surface area contributed by atoms with Gasteiger partial charge in [-0.1, -0.05) is 60.1 Å². The first-order valence-electron chi connectivity index (χ1n) is 8.39. The van der Waals surface area contributed by atoms with Crippen molar-refractivity contribution in [3.05, 3.63) is 94.0 Å². The highest BCUT2D eigenvalue weighted by Gasteiger charge is 2.12. The van der Waals surface area contributed by atoms with Gasteiger partial charge in [-0.05, 0) is 24.6 Å². The van der Waals surface area contributed by atoms with Gasteiger partial charge in [0.1, 0.15) is 17.6 Å². The van der Waals surface area contributed by atoms with Crippen LogP contribution in [0.3, 0.4) is 0 Å². The van der Waals surface area contributed by atoms with E-state index in [2.05, 4.69) is 5.10 Å². The summed E-state index contributed by atoms with van der Waals surface area (Å²) in [6.07, 6.45) is 2.83. The molecule has 0 saturated heterocycles. The third-order valence-corrected chi connectivity index (χ3v) is 4.40. The summed E-state index contributed by atoms with van der Waals surface area (Å²) in [5.74, 6) is -0.986. The van der Waals surface area contributed by atoms with Crippen molar-refractivity contribution >= 4 is 23.6 Å². The van der Waals surface area contributed by atoms with Gasteiger partial charge in [-0.3, -0.25) is 0 Å². The lowest BCUT2D eigenvalue weighted by atomic mass is 10.2. The molecule has 0 spiro atoms. The molecule has 0 N–H and O–H groups in total. The van der Waals surface area contributed by atoms with Crippen LogP contribution < -0.4 is 0 Å². The fraction of sp³-hybridized carbons (Fsp3) is 0.143. The van der Waals surface area contributed by atoms with Crippen LogP contribution in [0.15, 0.2) is 60.7 Å². The Hall–Kier alpha value is -2.92. The van der Waals surface area contributed by atoms with E-state index in [9.17, 15) is 9.18 Å². The Kier molecular flexibility index (Phi) is 6.04. The number of nitrogens with zero attached hydrogens (tertiary/aromatic N) is 2. The number of aryl methyl sites for hydroxylation is 1. The number of halogens is 2. The molecule has 1 heterocycles. The van der Waals surface area contributed by atoms with Gasteiger partial charge in [-0.2, -0.15) is 5.10 Å². The SMILES string of the molecule is Cc1nn(Cc2ccccc2)c(Cl)c1/C=C/C(=O)OCc1ccccc1F. The molecule has 138 valence electrons. The molecule has 3 rings (SSSR count). The van der Waals surface area contributed by atoms with Crippen LogP contribution in [-0.2, 0) is 22.7 Å². The van der Waals surface area contributed by atoms with Crippen LogP contribution in [0.4, 0.5) is 4.39 Å². The number of ether oxygens (including phenoxy) is 1. The lowest BCUT2D eigenvalue weighted by molar-refractivity contribution is -0.138. The Morgan fingerprint density at radius 2 is 1.89 bits per heavy atom. The summed E-state index contributed by atoms with van der Waals surface area (Å²) in [7, 11) is 0. The van der Waals surface area contributed by atoms with Crippen molar-refractivity contribution < 1.29 is 13.9 Å². The largest absolute Gasteiger partial charge is 0.458 e. The molecule has 0 atom stereocenters. The number of hydrogen-bond donors (Lipinski definition) is 0. The number of esters is 1. The molecule has 0 bridgehead atoms. The smallest absolute Gasteiger partial charge is 0.331 e. The molecule has 3 aromatic rings. The van der Waals surface area contributed by atoms with Gasteiger partial charge in [0.15, 0.2) is 0 Å². The summed E-state index contributed by atoms with van der Waals surface area (Å²) >= 11 is 6.40. The lowest BCUT2D eigenvalue weighted by Gasteiger charge is -2.03. The predicted octanol–water partition coefficient (Wildman–Crippen LogP) is 4.79. The van der Waals surface area contributed by atoms with Crippen molar-refractivity contribution in [3.63, 3.8) is 0 Å². The molecule has 0 fully saturated rings. The van der Waals surface area contributed by atoms with Crippen LogP contribution in [0.25, 0.3) is 6.08 Å². The van der Waals surface area contributed by atoms with Crippen LogP contribution in [0.5, 0.6) is 0 Å². The zero-order valence-electron chi connectivity index (χ0n) is 14.7. The molecular formula is C21H18ClFN2O2. The summed E-state index contributed by atoms with van der Waals surface area (Å²) in [6, 6.07) is 16.0. The molecule has 0 amide bonds. The molecule has 6 heteroatoms. The molecule has 0 radical (unpaired) electrons. The van der Waals surface area contributed by atoms with Crippen LogP contribution >= 0.6 is 11.6 Å². The Balaban J connectivity index is 1.66. The number of rotatable bonds is 6. The molecule has 4 nitrogen and oxygen atoms in total. The molecule has 0 aliphatic carbocycles. The minimum atomic E-state index is -0.579. The number of hydrogen-bond acceptors (Lipinski definition) is 3. The highest BCUT2D eigenvalue weighted by Crippen LogP contribution is 2.22. The Morgan fingerprint density at radius 1 is 1.19 bits per heavy atom. The summed E-state index contributed by atoms with van der Waals surface area (Å²) in [4.78, 5) is 11.9. The van der Waals surface area contributed by atoms with E-state index in [-0.39, 0.29) is 6.61 Å². The maximum absolute atomic E-state index is 13.5. The second kappa shape index (κ2) is 8.64. The molecule has 27 heavy (non-hydrogen) atoms. The van der Waals surface area contributed by atoms with E-state index in [1.165, 1.54) is 12.1 Å². The van der Waals surface area contributed by atoms with E-state index in [0.717, 1.165) is 5.56 Å². The highest BCUT2D eigenvalue weighted by molar-refractivity contribution is 6.31. The van der Waals surface area contributed by atoms with Crippen molar-refractivity contribution in [2.45, 2.75) is 20.1 Å². The van der Waals surface area contributed by atoms with E-state index in [1.54, 1.807) is 29.0 Å². The van der Waals surface area contributed by atoms with E-state index >= 15 is 0 Å². The monoisotopic (exact) mass is 384 g/mol. The average Bonchev–Trinajstić information content (AvgIpc) is 2.93. The van der Waals surface area contributed by atoms with Gasteiger partial charge in [0.25, 0.3) is 0 Å². The van der Waals surface area contributed by atoms with Crippen molar-refractivity contribution in [1.82, 2.24) is 9.78 Å². The quantitative estimate of drug-likeness (QED) is 0.453. The summed E-state index contributed by atoms with van der Waals surface area (Å²) in [5, 5.41) is 4.86. The first-order valence-corrected chi connectivity index (χ1v) is 8.77. The van der Waals surface area contributed by atoms with Crippen LogP contribution in [0, 0.1) is 12.7 Å². The van der Waals surface area contributed by atoms with Crippen molar-refractivity contribution in [3.8, 4) is 0 Å². The van der Waals surface area contributed by atoms with E-state index in [1.807, 2.05) is 37.3 Å². The standard InChI is InChI=1S/C21H18ClFN2O2/c1-15-18(21(22)25(24-15)13-16-7-3-2-4-8-16)11-12-20(26)27-14-17-9-5-6-10-19(17)23/h2-12H,13-14H2,1H3/b12-11+. The van der Waals surface area contributed by atoms with Crippen molar-refractivity contribution in [2.75, 3.05) is 0 Å². The van der Waals surface area contributed by atoms with Gasteiger partial charge in [0.2, 0.25) is 0 Å². The van der Waals surface area contributed by atoms with Gasteiger partial charge >= 0.3 is 5.97 Å². The second-order valence-electron chi connectivity index (χ2n) is 5.97. The van der Waals surface area contributed by atoms with Gasteiger partial charge in [0, 0.05) is 17.2 Å². The average molecular weight is 385 g/mol. The zero-order valence-corrected chi connectivity index (χ0v) is 15.5. The molecule has 0 aliphatic rings. The first-order chi connectivity index (χ1) is 13.0. The topological polar surface area (TPSA) is 44.1 Å². The number of aromatic nitrogens is 2. The van der Waals surface area contributed by atoms with E-state index in [4.69, 9.17) is 16.3 Å². The molecule has 0 saturated carbocycles. The summed E-state index contributed by atoms with van der Waals surface area (Å²) in [5.41, 5.74) is 2.75. The third-order valence-electron chi connectivity index (χ3n) is 4.00. The van der Waals surface area contributed by atoms with E-state index < -0.39 is 11.8 Å². The molecule has 0 aliphatic heterocycles. The summed E-state index contributed by atoms with van der Waals surface area (Å²) in [6.45, 7) is 2.22. The molecule has 1 aromatic heterocycles. The molecular weight excluding hydrogens is 367 g/mol. The predicted molar refractivity (Wildman–Crippen MR) is 103 cm³/mol. The second-order valence-corrected chi connectivity index (χ2v) is 6.32. The fourth-order valence-corrected chi connectivity index (χ4v) is 2.88. The van der Waals surface area contributed by atoms with Crippen molar-refractivity contribution in [2.24, 2.45) is 0 Å². The number of carbonyl (C=O) groups excluding carboxylic acids is 1. The third kappa shape index (κ3) is 4.83. The first kappa shape index (κ1) is 18.9. The van der Waals surface area contributed by atoms with Crippen molar-refractivity contribution in [1.29, 1.82) is 0 Å². The van der Waals surface area contributed by atoms with Crippen LogP contribution in [-0.4, -0.2) is 15.7 Å². The minimum Gasteiger partial charge on any atom is -0.458 e. The van der Waals surface area contributed by atoms with Crippen LogP contribution in [0.1, 0.15) is 22.4 Å². The minimum absolute atomic E-state index is 0.129. The Bertz CT molecular complexity index is 968. The summed E-state index contributed by atoms with van der Waals surface area (Å²) < 4.78 is 20.3. The normalized spacial score (nSPS) is 11.1. The van der Waals surface area contributed by atoms with E-state index in [0.29, 0.717) is 28.5 Å². The van der Waals surface area contributed by atoms with Gasteiger partial charge in [-0.25, -0.2) is 13.9 Å². The van der Waals surface area contributed by atoms with Crippen LogP contribution in [0.2, 0.25) is 5.15 Å². The maximum atomic E-state index is 13.5.